The van der Waals surface area contributed by atoms with E-state index in [4.69, 9.17) is 5.84 Å². The molecule has 0 aliphatic rings. The second-order valence-corrected chi connectivity index (χ2v) is 1.68. The number of nitrogen functional groups attached to an aromatic ring is 1. The van der Waals surface area contributed by atoms with Crippen molar-refractivity contribution in [1.82, 2.24) is 9.66 Å². The van der Waals surface area contributed by atoms with E-state index in [1.165, 1.54) is 11.0 Å². The lowest BCUT2D eigenvalue weighted by Gasteiger charge is -1.82. The zero-order valence-corrected chi connectivity index (χ0v) is 4.82. The number of nitrogens with two attached hydrogens (primary N) is 1. The second-order valence-electron chi connectivity index (χ2n) is 1.68. The molecule has 2 N–H and O–H groups in total. The Kier molecular flexibility index (Phi) is 1.48. The third-order valence-electron chi connectivity index (χ3n) is 0.947. The highest BCUT2D eigenvalue weighted by molar-refractivity contribution is 5.53. The molecule has 0 aliphatic carbocycles. The molecule has 0 aromatic carbocycles. The fourth-order valence-electron chi connectivity index (χ4n) is 0.570. The van der Waals surface area contributed by atoms with Gasteiger partial charge in [0, 0.05) is 12.6 Å². The Labute approximate surface area is 52.3 Å². The average molecular weight is 125 g/mol. The molecular weight excluding hydrogens is 118 g/mol. The highest BCUT2D eigenvalue weighted by atomic mass is 16.1. The molecule has 0 unspecified atom stereocenters. The first kappa shape index (κ1) is 5.81. The van der Waals surface area contributed by atoms with Crippen LogP contribution in [-0.4, -0.2) is 15.9 Å². The van der Waals surface area contributed by atoms with Gasteiger partial charge in [-0.1, -0.05) is 0 Å². The van der Waals surface area contributed by atoms with Crippen molar-refractivity contribution >= 4 is 6.29 Å². The first-order valence-electron chi connectivity index (χ1n) is 2.54. The Morgan fingerprint density at radius 1 is 1.89 bits per heavy atom. The Hall–Kier alpha value is -1.32. The van der Waals surface area contributed by atoms with Gasteiger partial charge in [-0.25, -0.2) is 4.98 Å². The number of hydrogen-bond donors (Lipinski definition) is 1. The first-order valence-corrected chi connectivity index (χ1v) is 2.54. The average Bonchev–Trinajstić information content (AvgIpc) is 2.17. The van der Waals surface area contributed by atoms with Gasteiger partial charge in [0.15, 0.2) is 0 Å². The van der Waals surface area contributed by atoms with E-state index < -0.39 is 0 Å². The second kappa shape index (κ2) is 2.30. The van der Waals surface area contributed by atoms with Gasteiger partial charge in [-0.15, -0.1) is 0 Å². The molecule has 1 rings (SSSR count). The van der Waals surface area contributed by atoms with Crippen LogP contribution >= 0.6 is 0 Å². The molecular formula is C5H7N3O. The number of hydrogen-bond acceptors (Lipinski definition) is 3. The maximum atomic E-state index is 9.89. The summed E-state index contributed by atoms with van der Waals surface area (Å²) in [6, 6.07) is 0. The molecule has 0 aliphatic heterocycles. The monoisotopic (exact) mass is 125 g/mol. The van der Waals surface area contributed by atoms with Crippen LogP contribution in [-0.2, 0) is 11.2 Å². The van der Waals surface area contributed by atoms with Gasteiger partial charge in [-0.3, -0.25) is 4.68 Å². The first-order chi connectivity index (χ1) is 4.33. The summed E-state index contributed by atoms with van der Waals surface area (Å²) in [5, 5.41) is 0. The minimum absolute atomic E-state index is 0.337. The van der Waals surface area contributed by atoms with Crippen molar-refractivity contribution < 1.29 is 4.79 Å². The Morgan fingerprint density at radius 3 is 3.11 bits per heavy atom. The van der Waals surface area contributed by atoms with Crippen molar-refractivity contribution in [3.05, 3.63) is 18.2 Å². The van der Waals surface area contributed by atoms with Crippen LogP contribution in [0.1, 0.15) is 5.69 Å². The smallest absolute Gasteiger partial charge is 0.126 e. The SMILES string of the molecule is Nn1cnc(CC=O)c1. The van der Waals surface area contributed by atoms with Crippen molar-refractivity contribution in [2.45, 2.75) is 6.42 Å². The normalized spacial score (nSPS) is 9.33. The Balaban J connectivity index is 2.72. The topological polar surface area (TPSA) is 60.9 Å². The van der Waals surface area contributed by atoms with Crippen LogP contribution in [0.15, 0.2) is 12.5 Å². The molecule has 0 fully saturated rings. The fourth-order valence-corrected chi connectivity index (χ4v) is 0.570. The molecule has 0 saturated heterocycles. The largest absolute Gasteiger partial charge is 0.338 e. The van der Waals surface area contributed by atoms with Gasteiger partial charge >= 0.3 is 0 Å². The summed E-state index contributed by atoms with van der Waals surface area (Å²) in [4.78, 5) is 13.7. The molecule has 4 heteroatoms. The zero-order valence-electron chi connectivity index (χ0n) is 4.82. The Bertz CT molecular complexity index is 206. The van der Waals surface area contributed by atoms with Gasteiger partial charge in [0.2, 0.25) is 0 Å². The van der Waals surface area contributed by atoms with Crippen LogP contribution in [0.2, 0.25) is 0 Å². The molecule has 0 amide bonds. The van der Waals surface area contributed by atoms with Crippen LogP contribution < -0.4 is 5.84 Å². The van der Waals surface area contributed by atoms with Crippen LogP contribution in [0.4, 0.5) is 0 Å². The van der Waals surface area contributed by atoms with Crippen molar-refractivity contribution in [3.63, 3.8) is 0 Å². The summed E-state index contributed by atoms with van der Waals surface area (Å²) in [6.07, 6.45) is 4.19. The van der Waals surface area contributed by atoms with E-state index in [-0.39, 0.29) is 0 Å². The van der Waals surface area contributed by atoms with Gasteiger partial charge in [-0.05, 0) is 0 Å². The molecule has 1 aromatic rings. The van der Waals surface area contributed by atoms with E-state index in [1.807, 2.05) is 0 Å². The molecule has 9 heavy (non-hydrogen) atoms. The lowest BCUT2D eigenvalue weighted by atomic mass is 10.4. The molecule has 4 nitrogen and oxygen atoms in total. The van der Waals surface area contributed by atoms with E-state index >= 15 is 0 Å². The molecule has 48 valence electrons. The predicted molar refractivity (Wildman–Crippen MR) is 32.1 cm³/mol. The number of rotatable bonds is 2. The molecule has 0 bridgehead atoms. The van der Waals surface area contributed by atoms with Gasteiger partial charge in [0.25, 0.3) is 0 Å². The van der Waals surface area contributed by atoms with Crippen LogP contribution in [0, 0.1) is 0 Å². The highest BCUT2D eigenvalue weighted by Gasteiger charge is 1.92. The van der Waals surface area contributed by atoms with E-state index in [0.29, 0.717) is 12.1 Å². The summed E-state index contributed by atoms with van der Waals surface area (Å²) < 4.78 is 1.32. The van der Waals surface area contributed by atoms with E-state index in [1.54, 1.807) is 6.20 Å². The lowest BCUT2D eigenvalue weighted by Crippen LogP contribution is -2.03. The van der Waals surface area contributed by atoms with E-state index in [2.05, 4.69) is 4.98 Å². The minimum atomic E-state index is 0.337. The summed E-state index contributed by atoms with van der Waals surface area (Å²) in [5.41, 5.74) is 0.701. The van der Waals surface area contributed by atoms with Crippen LogP contribution in [0.5, 0.6) is 0 Å². The van der Waals surface area contributed by atoms with Gasteiger partial charge in [0.05, 0.1) is 5.69 Å². The molecule has 0 spiro atoms. The van der Waals surface area contributed by atoms with E-state index in [9.17, 15) is 4.79 Å². The molecule has 0 radical (unpaired) electrons. The standard InChI is InChI=1S/C5H7N3O/c6-8-3-5(1-2-9)7-4-8/h2-4H,1,6H2. The predicted octanol–water partition coefficient (Wildman–Crippen LogP) is -0.662. The fraction of sp³-hybridized carbons (Fsp3) is 0.200. The van der Waals surface area contributed by atoms with E-state index in [0.717, 1.165) is 6.29 Å². The van der Waals surface area contributed by atoms with Crippen molar-refractivity contribution in [1.29, 1.82) is 0 Å². The number of carbonyl (C=O) groups excluding carboxylic acids is 1. The third-order valence-corrected chi connectivity index (χ3v) is 0.947. The van der Waals surface area contributed by atoms with Crippen LogP contribution in [0.3, 0.4) is 0 Å². The molecule has 0 atom stereocenters. The Morgan fingerprint density at radius 2 is 2.67 bits per heavy atom. The zero-order chi connectivity index (χ0) is 6.69. The number of carbonyl (C=O) groups is 1. The number of aldehydes is 1. The number of nitrogens with zero attached hydrogens (tertiary/aromatic N) is 2. The van der Waals surface area contributed by atoms with Crippen molar-refractivity contribution in [2.75, 3.05) is 5.84 Å². The third kappa shape index (κ3) is 1.28. The summed E-state index contributed by atoms with van der Waals surface area (Å²) in [7, 11) is 0. The maximum absolute atomic E-state index is 9.89. The van der Waals surface area contributed by atoms with Gasteiger partial charge < -0.3 is 10.6 Å². The summed E-state index contributed by atoms with van der Waals surface area (Å²) >= 11 is 0. The van der Waals surface area contributed by atoms with Crippen molar-refractivity contribution in [2.24, 2.45) is 0 Å². The quantitative estimate of drug-likeness (QED) is 0.421. The highest BCUT2D eigenvalue weighted by Crippen LogP contribution is 1.89. The maximum Gasteiger partial charge on any atom is 0.126 e. The van der Waals surface area contributed by atoms with Gasteiger partial charge in [0.1, 0.15) is 12.6 Å². The number of imidazole rings is 1. The van der Waals surface area contributed by atoms with Crippen LogP contribution in [0.25, 0.3) is 0 Å². The summed E-state index contributed by atoms with van der Waals surface area (Å²) in [5.74, 6) is 5.25. The molecule has 1 heterocycles. The number of aromatic nitrogens is 2. The molecule has 1 aromatic heterocycles. The lowest BCUT2D eigenvalue weighted by molar-refractivity contribution is -0.107. The summed E-state index contributed by atoms with van der Waals surface area (Å²) in [6.45, 7) is 0. The van der Waals surface area contributed by atoms with Crippen molar-refractivity contribution in [3.8, 4) is 0 Å². The molecule has 0 saturated carbocycles. The van der Waals surface area contributed by atoms with Gasteiger partial charge in [-0.2, -0.15) is 0 Å². The minimum Gasteiger partial charge on any atom is -0.338 e.